The van der Waals surface area contributed by atoms with Gasteiger partial charge in [-0.2, -0.15) is 0 Å². The molecule has 2 aromatic rings. The molecule has 0 atom stereocenters. The van der Waals surface area contributed by atoms with Crippen molar-refractivity contribution in [3.05, 3.63) is 78.4 Å². The van der Waals surface area contributed by atoms with Crippen LogP contribution in [-0.4, -0.2) is 19.7 Å². The van der Waals surface area contributed by atoms with Gasteiger partial charge in [-0.1, -0.05) is 56.3 Å². The Morgan fingerprint density at radius 1 is 0.963 bits per heavy atom. The first-order valence-electron chi connectivity index (χ1n) is 10.2. The quantitative estimate of drug-likeness (QED) is 0.394. The third-order valence-electron chi connectivity index (χ3n) is 5.12. The smallest absolute Gasteiger partial charge is 0.119 e. The minimum Gasteiger partial charge on any atom is -0.494 e. The fraction of sp³-hybridized carbons (Fsp3) is 0.360. The van der Waals surface area contributed by atoms with Crippen LogP contribution in [0.1, 0.15) is 50.2 Å². The Labute approximate surface area is 164 Å². The van der Waals surface area contributed by atoms with Crippen molar-refractivity contribution in [2.24, 2.45) is 0 Å². The number of allylic oxidation sites excluding steroid dienone is 2. The molecule has 142 valence electrons. The minimum atomic E-state index is 0.781. The lowest BCUT2D eigenvalue weighted by molar-refractivity contribution is 0.309. The summed E-state index contributed by atoms with van der Waals surface area (Å²) in [6.07, 6.45) is 10.2. The van der Waals surface area contributed by atoms with Gasteiger partial charge in [0.05, 0.1) is 6.61 Å². The van der Waals surface area contributed by atoms with Gasteiger partial charge in [0.25, 0.3) is 0 Å². The molecule has 1 aliphatic rings. The maximum absolute atomic E-state index is 5.78. The van der Waals surface area contributed by atoms with Crippen molar-refractivity contribution in [3.8, 4) is 5.75 Å². The Balaban J connectivity index is 1.75. The van der Waals surface area contributed by atoms with Crippen molar-refractivity contribution in [3.63, 3.8) is 0 Å². The number of benzene rings is 2. The molecule has 1 saturated heterocycles. The molecule has 2 heteroatoms. The van der Waals surface area contributed by atoms with Crippen molar-refractivity contribution in [2.45, 2.75) is 39.0 Å². The van der Waals surface area contributed by atoms with Crippen molar-refractivity contribution < 1.29 is 4.74 Å². The second-order valence-electron chi connectivity index (χ2n) is 7.14. The third kappa shape index (κ3) is 5.26. The van der Waals surface area contributed by atoms with Gasteiger partial charge >= 0.3 is 0 Å². The Kier molecular flexibility index (Phi) is 7.15. The molecule has 3 rings (SSSR count). The predicted octanol–water partition coefficient (Wildman–Crippen LogP) is 6.47. The van der Waals surface area contributed by atoms with Gasteiger partial charge in [-0.05, 0) is 66.6 Å². The number of ether oxygens (including phenoxy) is 1. The van der Waals surface area contributed by atoms with Crippen LogP contribution in [-0.2, 0) is 0 Å². The molecule has 0 radical (unpaired) electrons. The zero-order chi connectivity index (χ0) is 18.9. The molecular formula is C25H31NO. The second kappa shape index (κ2) is 10.0. The van der Waals surface area contributed by atoms with Crippen LogP contribution in [0.25, 0.3) is 5.57 Å². The molecule has 2 aromatic carbocycles. The van der Waals surface area contributed by atoms with Crippen molar-refractivity contribution in [1.29, 1.82) is 0 Å². The summed E-state index contributed by atoms with van der Waals surface area (Å²) in [5.74, 6) is 0.936. The highest BCUT2D eigenvalue weighted by molar-refractivity contribution is 5.81. The summed E-state index contributed by atoms with van der Waals surface area (Å²) in [5, 5.41) is 0. The number of nitrogens with zero attached hydrogens (tertiary/aromatic N) is 1. The summed E-state index contributed by atoms with van der Waals surface area (Å²) >= 11 is 0. The Morgan fingerprint density at radius 2 is 1.59 bits per heavy atom. The van der Waals surface area contributed by atoms with E-state index in [4.69, 9.17) is 4.74 Å². The Hall–Kier alpha value is -2.48. The SMILES string of the molecule is C=C/C=C(/c1ccc(OCCCC)cc1)c1ccc(N2CCCCC2)cc1. The van der Waals surface area contributed by atoms with Crippen LogP contribution in [0.2, 0.25) is 0 Å². The van der Waals surface area contributed by atoms with E-state index < -0.39 is 0 Å². The van der Waals surface area contributed by atoms with Crippen LogP contribution in [0.15, 0.2) is 67.3 Å². The van der Waals surface area contributed by atoms with Crippen LogP contribution < -0.4 is 9.64 Å². The fourth-order valence-electron chi connectivity index (χ4n) is 3.55. The van der Waals surface area contributed by atoms with Gasteiger partial charge in [0.15, 0.2) is 0 Å². The van der Waals surface area contributed by atoms with Crippen LogP contribution >= 0.6 is 0 Å². The molecule has 0 amide bonds. The highest BCUT2D eigenvalue weighted by atomic mass is 16.5. The number of rotatable bonds is 8. The monoisotopic (exact) mass is 361 g/mol. The molecule has 0 unspecified atom stereocenters. The van der Waals surface area contributed by atoms with Crippen molar-refractivity contribution in [2.75, 3.05) is 24.6 Å². The van der Waals surface area contributed by atoms with E-state index >= 15 is 0 Å². The van der Waals surface area contributed by atoms with Crippen LogP contribution in [0.5, 0.6) is 5.75 Å². The Morgan fingerprint density at radius 3 is 2.19 bits per heavy atom. The van der Waals surface area contributed by atoms with Gasteiger partial charge in [-0.3, -0.25) is 0 Å². The number of anilines is 1. The zero-order valence-corrected chi connectivity index (χ0v) is 16.5. The first kappa shape index (κ1) is 19.3. The number of piperidine rings is 1. The summed E-state index contributed by atoms with van der Waals surface area (Å²) in [4.78, 5) is 2.49. The maximum atomic E-state index is 5.78. The van der Waals surface area contributed by atoms with Crippen LogP contribution in [0.3, 0.4) is 0 Å². The molecule has 2 nitrogen and oxygen atoms in total. The van der Waals surface area contributed by atoms with E-state index in [1.807, 2.05) is 6.08 Å². The molecule has 1 fully saturated rings. The average molecular weight is 362 g/mol. The van der Waals surface area contributed by atoms with Gasteiger partial charge < -0.3 is 9.64 Å². The van der Waals surface area contributed by atoms with Gasteiger partial charge in [0.1, 0.15) is 5.75 Å². The molecule has 27 heavy (non-hydrogen) atoms. The molecule has 0 bridgehead atoms. The summed E-state index contributed by atoms with van der Waals surface area (Å²) in [7, 11) is 0. The molecule has 1 aliphatic heterocycles. The first-order chi connectivity index (χ1) is 13.3. The first-order valence-corrected chi connectivity index (χ1v) is 10.2. The van der Waals surface area contributed by atoms with E-state index in [9.17, 15) is 0 Å². The van der Waals surface area contributed by atoms with Crippen LogP contribution in [0, 0.1) is 0 Å². The van der Waals surface area contributed by atoms with E-state index in [0.29, 0.717) is 0 Å². The summed E-state index contributed by atoms with van der Waals surface area (Å²) in [5.41, 5.74) is 4.92. The highest BCUT2D eigenvalue weighted by Crippen LogP contribution is 2.28. The molecule has 0 aliphatic carbocycles. The minimum absolute atomic E-state index is 0.781. The maximum Gasteiger partial charge on any atom is 0.119 e. The predicted molar refractivity (Wildman–Crippen MR) is 117 cm³/mol. The number of hydrogen-bond donors (Lipinski definition) is 0. The molecule has 0 aromatic heterocycles. The van der Waals surface area contributed by atoms with Gasteiger partial charge in [0.2, 0.25) is 0 Å². The lowest BCUT2D eigenvalue weighted by Gasteiger charge is -2.29. The normalized spacial score (nSPS) is 14.9. The van der Waals surface area contributed by atoms with Crippen LogP contribution in [0.4, 0.5) is 5.69 Å². The standard InChI is InChI=1S/C25H31NO/c1-3-5-20-27-24-16-12-22(13-17-24)25(9-4-2)21-10-14-23(15-11-21)26-18-7-6-8-19-26/h4,9-17H,2-3,5-8,18-20H2,1H3/b25-9+. The largest absolute Gasteiger partial charge is 0.494 e. The Bertz CT molecular complexity index is 737. The van der Waals surface area contributed by atoms with E-state index in [1.54, 1.807) is 0 Å². The number of hydrogen-bond acceptors (Lipinski definition) is 2. The second-order valence-corrected chi connectivity index (χ2v) is 7.14. The van der Waals surface area contributed by atoms with Gasteiger partial charge in [-0.15, -0.1) is 0 Å². The van der Waals surface area contributed by atoms with E-state index in [0.717, 1.165) is 25.2 Å². The van der Waals surface area contributed by atoms with E-state index in [1.165, 1.54) is 54.7 Å². The summed E-state index contributed by atoms with van der Waals surface area (Å²) in [6, 6.07) is 17.3. The van der Waals surface area contributed by atoms with Crippen molar-refractivity contribution >= 4 is 11.3 Å². The lowest BCUT2D eigenvalue weighted by atomic mass is 9.97. The van der Waals surface area contributed by atoms with Gasteiger partial charge in [-0.25, -0.2) is 0 Å². The zero-order valence-electron chi connectivity index (χ0n) is 16.5. The number of unbranched alkanes of at least 4 members (excludes halogenated alkanes) is 1. The molecule has 0 saturated carbocycles. The van der Waals surface area contributed by atoms with Gasteiger partial charge in [0, 0.05) is 18.8 Å². The van der Waals surface area contributed by atoms with Crippen molar-refractivity contribution in [1.82, 2.24) is 0 Å². The third-order valence-corrected chi connectivity index (χ3v) is 5.12. The summed E-state index contributed by atoms with van der Waals surface area (Å²) in [6.45, 7) is 9.21. The summed E-state index contributed by atoms with van der Waals surface area (Å²) < 4.78 is 5.78. The lowest BCUT2D eigenvalue weighted by Crippen LogP contribution is -2.29. The average Bonchev–Trinajstić information content (AvgIpc) is 2.74. The molecule has 0 N–H and O–H groups in total. The topological polar surface area (TPSA) is 12.5 Å². The highest BCUT2D eigenvalue weighted by Gasteiger charge is 2.11. The van der Waals surface area contributed by atoms with E-state index in [-0.39, 0.29) is 0 Å². The molecule has 0 spiro atoms. The van der Waals surface area contributed by atoms with E-state index in [2.05, 4.69) is 73.0 Å². The molecule has 1 heterocycles. The molecular weight excluding hydrogens is 330 g/mol. The fourth-order valence-corrected chi connectivity index (χ4v) is 3.55.